The maximum atomic E-state index is 13.7. The molecule has 10 N–H and O–H groups in total. The SMILES string of the molecule is NCCCCC(NC(=O)C(Cc1ccc(O)cc1)NC(=O)C(N)Cc1ccc(O)cc1)C(=O)NC(Cc1ccccc1)C(=O)O. The molecule has 0 aliphatic carbocycles. The van der Waals surface area contributed by atoms with E-state index in [9.17, 15) is 34.5 Å². The Labute approximate surface area is 261 Å². The van der Waals surface area contributed by atoms with Crippen molar-refractivity contribution in [3.8, 4) is 11.5 Å². The highest BCUT2D eigenvalue weighted by atomic mass is 16.4. The number of amides is 3. The summed E-state index contributed by atoms with van der Waals surface area (Å²) in [6.07, 6.45) is 1.45. The highest BCUT2D eigenvalue weighted by molar-refractivity contribution is 5.94. The maximum Gasteiger partial charge on any atom is 0.326 e. The number of phenols is 2. The lowest BCUT2D eigenvalue weighted by Crippen LogP contribution is -2.58. The Morgan fingerprint density at radius 2 is 1.07 bits per heavy atom. The van der Waals surface area contributed by atoms with Gasteiger partial charge in [0.1, 0.15) is 29.6 Å². The van der Waals surface area contributed by atoms with Gasteiger partial charge in [0.2, 0.25) is 17.7 Å². The predicted molar refractivity (Wildman–Crippen MR) is 168 cm³/mol. The molecule has 3 amide bonds. The van der Waals surface area contributed by atoms with Gasteiger partial charge >= 0.3 is 5.97 Å². The first-order chi connectivity index (χ1) is 21.5. The van der Waals surface area contributed by atoms with Crippen molar-refractivity contribution in [1.29, 1.82) is 0 Å². The van der Waals surface area contributed by atoms with Crippen LogP contribution in [0.15, 0.2) is 78.9 Å². The molecule has 0 bridgehead atoms. The van der Waals surface area contributed by atoms with Crippen molar-refractivity contribution >= 4 is 23.7 Å². The lowest BCUT2D eigenvalue weighted by atomic mass is 10.0. The zero-order chi connectivity index (χ0) is 32.8. The minimum atomic E-state index is -1.24. The summed E-state index contributed by atoms with van der Waals surface area (Å²) in [5.41, 5.74) is 13.8. The van der Waals surface area contributed by atoms with Crippen molar-refractivity contribution in [2.45, 2.75) is 62.7 Å². The van der Waals surface area contributed by atoms with Gasteiger partial charge in [-0.05, 0) is 73.2 Å². The zero-order valence-electron chi connectivity index (χ0n) is 24.9. The molecule has 3 aromatic rings. The number of unbranched alkanes of at least 4 members (excludes halogenated alkanes) is 1. The number of nitrogens with two attached hydrogens (primary N) is 2. The molecule has 0 saturated carbocycles. The molecule has 0 aliphatic rings. The fourth-order valence-corrected chi connectivity index (χ4v) is 4.69. The standard InChI is InChI=1S/C33H41N5O7/c34-17-5-4-8-27(31(42)38-29(33(44)45)20-21-6-2-1-3-7-21)36-32(43)28(19-23-11-15-25(40)16-12-23)37-30(41)26(35)18-22-9-13-24(39)14-10-22/h1-3,6-7,9-16,26-29,39-40H,4-5,8,17-20,34-35H2,(H,36,43)(H,37,41)(H,38,42)(H,44,45). The minimum Gasteiger partial charge on any atom is -0.508 e. The Kier molecular flexibility index (Phi) is 13.3. The third-order valence-corrected chi connectivity index (χ3v) is 7.22. The van der Waals surface area contributed by atoms with Gasteiger partial charge in [0.15, 0.2) is 0 Å². The quantitative estimate of drug-likeness (QED) is 0.101. The second-order valence-corrected chi connectivity index (χ2v) is 10.8. The number of aromatic hydroxyl groups is 2. The van der Waals surface area contributed by atoms with E-state index in [4.69, 9.17) is 11.5 Å². The van der Waals surface area contributed by atoms with Gasteiger partial charge in [-0.15, -0.1) is 0 Å². The molecule has 12 heteroatoms. The van der Waals surface area contributed by atoms with Gasteiger partial charge in [-0.1, -0.05) is 54.6 Å². The van der Waals surface area contributed by atoms with Crippen LogP contribution in [0.2, 0.25) is 0 Å². The molecule has 0 fully saturated rings. The number of benzene rings is 3. The predicted octanol–water partition coefficient (Wildman–Crippen LogP) is 1.12. The highest BCUT2D eigenvalue weighted by Crippen LogP contribution is 2.14. The second kappa shape index (κ2) is 17.4. The van der Waals surface area contributed by atoms with Crippen LogP contribution in [0.1, 0.15) is 36.0 Å². The Morgan fingerprint density at radius 3 is 1.62 bits per heavy atom. The summed E-state index contributed by atoms with van der Waals surface area (Å²) in [4.78, 5) is 52.2. The van der Waals surface area contributed by atoms with Crippen molar-refractivity contribution in [3.05, 3.63) is 95.6 Å². The molecule has 0 aromatic heterocycles. The smallest absolute Gasteiger partial charge is 0.326 e. The molecular formula is C33H41N5O7. The van der Waals surface area contributed by atoms with Gasteiger partial charge in [-0.25, -0.2) is 4.79 Å². The molecule has 0 radical (unpaired) electrons. The topological polar surface area (TPSA) is 217 Å². The number of carboxylic acids is 1. The summed E-state index contributed by atoms with van der Waals surface area (Å²) in [6, 6.07) is 16.7. The van der Waals surface area contributed by atoms with Gasteiger partial charge < -0.3 is 42.7 Å². The Hall–Kier alpha value is -4.94. The maximum absolute atomic E-state index is 13.7. The van der Waals surface area contributed by atoms with Crippen LogP contribution in [0.3, 0.4) is 0 Å². The number of hydrogen-bond acceptors (Lipinski definition) is 8. The number of nitrogens with one attached hydrogen (secondary N) is 3. The summed E-state index contributed by atoms with van der Waals surface area (Å²) < 4.78 is 0. The minimum absolute atomic E-state index is 0.0205. The number of rotatable bonds is 17. The Bertz CT molecular complexity index is 1400. The molecule has 240 valence electrons. The van der Waals surface area contributed by atoms with Gasteiger partial charge in [-0.2, -0.15) is 0 Å². The molecule has 0 aliphatic heterocycles. The fraction of sp³-hybridized carbons (Fsp3) is 0.333. The summed E-state index contributed by atoms with van der Waals surface area (Å²) >= 11 is 0. The average molecular weight is 620 g/mol. The van der Waals surface area contributed by atoms with E-state index in [1.54, 1.807) is 54.6 Å². The van der Waals surface area contributed by atoms with Crippen molar-refractivity contribution in [2.75, 3.05) is 6.54 Å². The Morgan fingerprint density at radius 1 is 0.600 bits per heavy atom. The first-order valence-electron chi connectivity index (χ1n) is 14.7. The fourth-order valence-electron chi connectivity index (χ4n) is 4.69. The average Bonchev–Trinajstić information content (AvgIpc) is 3.02. The van der Waals surface area contributed by atoms with Crippen LogP contribution >= 0.6 is 0 Å². The summed E-state index contributed by atoms with van der Waals surface area (Å²) in [6.45, 7) is 0.368. The molecule has 0 saturated heterocycles. The molecule has 3 rings (SSSR count). The van der Waals surface area contributed by atoms with Crippen LogP contribution in [0.25, 0.3) is 0 Å². The molecule has 12 nitrogen and oxygen atoms in total. The van der Waals surface area contributed by atoms with E-state index in [1.807, 2.05) is 0 Å². The summed E-state index contributed by atoms with van der Waals surface area (Å²) in [5.74, 6) is -3.08. The van der Waals surface area contributed by atoms with E-state index in [0.29, 0.717) is 36.1 Å². The number of carbonyl (C=O) groups excluding carboxylic acids is 3. The van der Waals surface area contributed by atoms with E-state index in [0.717, 1.165) is 0 Å². The van der Waals surface area contributed by atoms with Crippen LogP contribution in [-0.4, -0.2) is 69.7 Å². The molecular weight excluding hydrogens is 578 g/mol. The van der Waals surface area contributed by atoms with E-state index < -0.39 is 47.9 Å². The molecule has 4 unspecified atom stereocenters. The van der Waals surface area contributed by atoms with Crippen molar-refractivity contribution in [1.82, 2.24) is 16.0 Å². The summed E-state index contributed by atoms with van der Waals surface area (Å²) in [5, 5.41) is 36.9. The van der Waals surface area contributed by atoms with Gasteiger partial charge in [0.05, 0.1) is 6.04 Å². The number of carboxylic acid groups (broad SMARTS) is 1. The highest BCUT2D eigenvalue weighted by Gasteiger charge is 2.30. The first-order valence-corrected chi connectivity index (χ1v) is 14.7. The monoisotopic (exact) mass is 619 g/mol. The van der Waals surface area contributed by atoms with Crippen LogP contribution < -0.4 is 27.4 Å². The first kappa shape index (κ1) is 34.5. The van der Waals surface area contributed by atoms with E-state index >= 15 is 0 Å². The van der Waals surface area contributed by atoms with E-state index in [2.05, 4.69) is 16.0 Å². The normalized spacial score (nSPS) is 13.6. The lowest BCUT2D eigenvalue weighted by molar-refractivity contribution is -0.142. The van der Waals surface area contributed by atoms with Crippen LogP contribution in [0.4, 0.5) is 0 Å². The Balaban J connectivity index is 1.78. The number of hydrogen-bond donors (Lipinski definition) is 8. The van der Waals surface area contributed by atoms with Crippen LogP contribution in [-0.2, 0) is 38.4 Å². The lowest BCUT2D eigenvalue weighted by Gasteiger charge is -2.25. The third kappa shape index (κ3) is 11.6. The third-order valence-electron chi connectivity index (χ3n) is 7.22. The van der Waals surface area contributed by atoms with Crippen molar-refractivity contribution in [2.24, 2.45) is 11.5 Å². The van der Waals surface area contributed by atoms with Crippen molar-refractivity contribution in [3.63, 3.8) is 0 Å². The van der Waals surface area contributed by atoms with E-state index in [1.165, 1.54) is 24.3 Å². The van der Waals surface area contributed by atoms with E-state index in [-0.39, 0.29) is 37.2 Å². The molecule has 3 aromatic carbocycles. The van der Waals surface area contributed by atoms with Crippen LogP contribution in [0, 0.1) is 0 Å². The van der Waals surface area contributed by atoms with Gasteiger partial charge in [0, 0.05) is 12.8 Å². The van der Waals surface area contributed by atoms with Crippen molar-refractivity contribution < 1.29 is 34.5 Å². The number of carbonyl (C=O) groups is 4. The zero-order valence-corrected chi connectivity index (χ0v) is 24.9. The molecule has 45 heavy (non-hydrogen) atoms. The number of aliphatic carboxylic acids is 1. The molecule has 0 spiro atoms. The number of phenolic OH excluding ortho intramolecular Hbond substituents is 2. The largest absolute Gasteiger partial charge is 0.508 e. The van der Waals surface area contributed by atoms with Crippen LogP contribution in [0.5, 0.6) is 11.5 Å². The van der Waals surface area contributed by atoms with Gasteiger partial charge in [0.25, 0.3) is 0 Å². The molecule has 4 atom stereocenters. The second-order valence-electron chi connectivity index (χ2n) is 10.8. The molecule has 0 heterocycles. The summed E-state index contributed by atoms with van der Waals surface area (Å²) in [7, 11) is 0. The van der Waals surface area contributed by atoms with Gasteiger partial charge in [-0.3, -0.25) is 14.4 Å².